The Morgan fingerprint density at radius 3 is 2.71 bits per heavy atom. The number of sulfonamides is 1. The molecule has 0 aliphatic rings. The quantitative estimate of drug-likeness (QED) is 0.618. The second-order valence-electron chi connectivity index (χ2n) is 4.24. The van der Waals surface area contributed by atoms with Crippen molar-refractivity contribution in [3.63, 3.8) is 0 Å². The van der Waals surface area contributed by atoms with Crippen molar-refractivity contribution in [2.45, 2.75) is 11.8 Å². The summed E-state index contributed by atoms with van der Waals surface area (Å²) in [6, 6.07) is 3.59. The number of pyridine rings is 1. The molecule has 21 heavy (non-hydrogen) atoms. The van der Waals surface area contributed by atoms with Gasteiger partial charge in [-0.05, 0) is 46.6 Å². The van der Waals surface area contributed by atoms with Gasteiger partial charge in [-0.1, -0.05) is 11.6 Å². The summed E-state index contributed by atoms with van der Waals surface area (Å²) in [5.74, 6) is -0.673. The first-order valence-electron chi connectivity index (χ1n) is 5.60. The van der Waals surface area contributed by atoms with Crippen LogP contribution >= 0.6 is 27.5 Å². The average molecular weight is 395 g/mol. The molecule has 0 amide bonds. The van der Waals surface area contributed by atoms with E-state index in [-0.39, 0.29) is 27.0 Å². The fraction of sp³-hybridized carbons (Fsp3) is 0.0833. The summed E-state index contributed by atoms with van der Waals surface area (Å²) >= 11 is 9.01. The second-order valence-corrected chi connectivity index (χ2v) is 7.16. The lowest BCUT2D eigenvalue weighted by Crippen LogP contribution is -2.15. The summed E-state index contributed by atoms with van der Waals surface area (Å²) in [6.07, 6.45) is 1.43. The van der Waals surface area contributed by atoms with Crippen LogP contribution in [0.4, 0.5) is 15.8 Å². The number of benzene rings is 1. The molecule has 0 saturated carbocycles. The highest BCUT2D eigenvalue weighted by Crippen LogP contribution is 2.28. The van der Waals surface area contributed by atoms with Crippen LogP contribution in [0, 0.1) is 12.7 Å². The first-order valence-corrected chi connectivity index (χ1v) is 8.25. The van der Waals surface area contributed by atoms with E-state index >= 15 is 0 Å². The van der Waals surface area contributed by atoms with Crippen LogP contribution in [0.3, 0.4) is 0 Å². The van der Waals surface area contributed by atoms with Gasteiger partial charge in [-0.15, -0.1) is 0 Å². The summed E-state index contributed by atoms with van der Waals surface area (Å²) < 4.78 is 40.9. The second kappa shape index (κ2) is 5.78. The monoisotopic (exact) mass is 393 g/mol. The standard InChI is InChI=1S/C12H10BrClFN3O2S/c1-6-2-8(15)9(16)4-11(6)21(19,20)18-10-3-7(13)5-17-12(10)14/h2-5,18H,16H2,1H3. The maximum Gasteiger partial charge on any atom is 0.262 e. The fourth-order valence-electron chi connectivity index (χ4n) is 1.65. The minimum Gasteiger partial charge on any atom is -0.396 e. The molecular formula is C12H10BrClFN3O2S. The van der Waals surface area contributed by atoms with Crippen LogP contribution in [0.5, 0.6) is 0 Å². The summed E-state index contributed by atoms with van der Waals surface area (Å²) in [6.45, 7) is 1.47. The molecule has 3 N–H and O–H groups in total. The Labute approximate surface area is 134 Å². The lowest BCUT2D eigenvalue weighted by Gasteiger charge is -2.12. The van der Waals surface area contributed by atoms with Crippen molar-refractivity contribution in [2.24, 2.45) is 0 Å². The van der Waals surface area contributed by atoms with Gasteiger partial charge in [0.2, 0.25) is 0 Å². The molecule has 2 aromatic rings. The van der Waals surface area contributed by atoms with Gasteiger partial charge in [0, 0.05) is 10.7 Å². The molecule has 1 heterocycles. The van der Waals surface area contributed by atoms with E-state index in [0.717, 1.165) is 12.1 Å². The zero-order valence-electron chi connectivity index (χ0n) is 10.7. The van der Waals surface area contributed by atoms with Gasteiger partial charge in [-0.3, -0.25) is 4.72 Å². The molecule has 0 radical (unpaired) electrons. The Bertz CT molecular complexity index is 814. The molecule has 0 atom stereocenters. The van der Waals surface area contributed by atoms with Gasteiger partial charge >= 0.3 is 0 Å². The largest absolute Gasteiger partial charge is 0.396 e. The third kappa shape index (κ3) is 3.45. The summed E-state index contributed by atoms with van der Waals surface area (Å²) in [5, 5.41) is -0.00508. The van der Waals surface area contributed by atoms with E-state index in [1.807, 2.05) is 0 Å². The molecule has 9 heteroatoms. The van der Waals surface area contributed by atoms with E-state index in [9.17, 15) is 12.8 Å². The summed E-state index contributed by atoms with van der Waals surface area (Å²) in [4.78, 5) is 3.69. The first kappa shape index (κ1) is 16.0. The van der Waals surface area contributed by atoms with Crippen molar-refractivity contribution in [2.75, 3.05) is 10.5 Å². The molecule has 112 valence electrons. The van der Waals surface area contributed by atoms with Gasteiger partial charge in [0.1, 0.15) is 5.82 Å². The van der Waals surface area contributed by atoms with Gasteiger partial charge in [0.15, 0.2) is 5.15 Å². The van der Waals surface area contributed by atoms with Crippen molar-refractivity contribution in [3.05, 3.63) is 45.4 Å². The number of aryl methyl sites for hydroxylation is 1. The predicted molar refractivity (Wildman–Crippen MR) is 83.3 cm³/mol. The third-order valence-electron chi connectivity index (χ3n) is 2.63. The van der Waals surface area contributed by atoms with Crippen LogP contribution in [-0.2, 0) is 10.0 Å². The van der Waals surface area contributed by atoms with E-state index in [4.69, 9.17) is 17.3 Å². The van der Waals surface area contributed by atoms with E-state index in [1.165, 1.54) is 19.2 Å². The highest BCUT2D eigenvalue weighted by atomic mass is 79.9. The molecule has 0 unspecified atom stereocenters. The van der Waals surface area contributed by atoms with Gasteiger partial charge in [0.05, 0.1) is 16.3 Å². The van der Waals surface area contributed by atoms with Crippen LogP contribution in [0.15, 0.2) is 33.8 Å². The Kier molecular flexibility index (Phi) is 4.40. The van der Waals surface area contributed by atoms with Gasteiger partial charge < -0.3 is 5.73 Å². The Morgan fingerprint density at radius 2 is 2.05 bits per heavy atom. The minimum atomic E-state index is -3.96. The Hall–Kier alpha value is -1.38. The van der Waals surface area contributed by atoms with Crippen molar-refractivity contribution < 1.29 is 12.8 Å². The van der Waals surface area contributed by atoms with Crippen molar-refractivity contribution in [3.8, 4) is 0 Å². The van der Waals surface area contributed by atoms with E-state index < -0.39 is 15.8 Å². The normalized spacial score (nSPS) is 11.4. The van der Waals surface area contributed by atoms with Crippen molar-refractivity contribution >= 4 is 48.9 Å². The fourth-order valence-corrected chi connectivity index (χ4v) is 3.51. The van der Waals surface area contributed by atoms with E-state index in [2.05, 4.69) is 25.6 Å². The van der Waals surface area contributed by atoms with Gasteiger partial charge in [0.25, 0.3) is 10.0 Å². The average Bonchev–Trinajstić information content (AvgIpc) is 2.37. The molecule has 0 aliphatic heterocycles. The molecule has 0 bridgehead atoms. The number of halogens is 3. The topological polar surface area (TPSA) is 85.1 Å². The SMILES string of the molecule is Cc1cc(F)c(N)cc1S(=O)(=O)Nc1cc(Br)cnc1Cl. The number of anilines is 2. The Balaban J connectivity index is 2.48. The zero-order chi connectivity index (χ0) is 15.8. The number of nitrogens with zero attached hydrogens (tertiary/aromatic N) is 1. The van der Waals surface area contributed by atoms with Crippen LogP contribution in [0.2, 0.25) is 5.15 Å². The van der Waals surface area contributed by atoms with Crippen molar-refractivity contribution in [1.29, 1.82) is 0 Å². The molecule has 1 aromatic carbocycles. The predicted octanol–water partition coefficient (Wildman–Crippen LogP) is 3.33. The number of hydrogen-bond donors (Lipinski definition) is 2. The molecule has 0 spiro atoms. The molecule has 0 saturated heterocycles. The van der Waals surface area contributed by atoms with E-state index in [0.29, 0.717) is 4.47 Å². The molecule has 0 fully saturated rings. The highest BCUT2D eigenvalue weighted by Gasteiger charge is 2.20. The van der Waals surface area contributed by atoms with Gasteiger partial charge in [-0.25, -0.2) is 17.8 Å². The van der Waals surface area contributed by atoms with Crippen LogP contribution < -0.4 is 10.5 Å². The molecule has 1 aromatic heterocycles. The summed E-state index contributed by atoms with van der Waals surface area (Å²) in [7, 11) is -3.96. The number of rotatable bonds is 3. The number of hydrogen-bond acceptors (Lipinski definition) is 4. The third-order valence-corrected chi connectivity index (χ3v) is 4.88. The van der Waals surface area contributed by atoms with E-state index in [1.54, 1.807) is 0 Å². The zero-order valence-corrected chi connectivity index (χ0v) is 13.9. The van der Waals surface area contributed by atoms with Gasteiger partial charge in [-0.2, -0.15) is 0 Å². The lowest BCUT2D eigenvalue weighted by molar-refractivity contribution is 0.599. The van der Waals surface area contributed by atoms with Crippen LogP contribution in [0.25, 0.3) is 0 Å². The molecule has 0 aliphatic carbocycles. The molecule has 2 rings (SSSR count). The number of nitrogens with one attached hydrogen (secondary N) is 1. The molecule has 5 nitrogen and oxygen atoms in total. The minimum absolute atomic E-state index is 0.00508. The maximum absolute atomic E-state index is 13.3. The molecular weight excluding hydrogens is 385 g/mol. The smallest absolute Gasteiger partial charge is 0.262 e. The number of nitrogen functional groups attached to an aromatic ring is 1. The lowest BCUT2D eigenvalue weighted by atomic mass is 10.2. The van der Waals surface area contributed by atoms with Crippen LogP contribution in [0.1, 0.15) is 5.56 Å². The number of aromatic nitrogens is 1. The number of nitrogens with two attached hydrogens (primary N) is 1. The highest BCUT2D eigenvalue weighted by molar-refractivity contribution is 9.10. The maximum atomic E-state index is 13.3. The summed E-state index contributed by atoms with van der Waals surface area (Å²) in [5.41, 5.74) is 5.50. The Morgan fingerprint density at radius 1 is 1.38 bits per heavy atom. The van der Waals surface area contributed by atoms with Crippen molar-refractivity contribution in [1.82, 2.24) is 4.98 Å². The van der Waals surface area contributed by atoms with Crippen LogP contribution in [-0.4, -0.2) is 13.4 Å². The first-order chi connectivity index (χ1) is 9.70.